The SMILES string of the molecule is CC=CCS(=O)[O-]. The first kappa shape index (κ1) is 6.85. The lowest BCUT2D eigenvalue weighted by atomic mass is 10.6. The minimum Gasteiger partial charge on any atom is -0.772 e. The summed E-state index contributed by atoms with van der Waals surface area (Å²) in [7, 11) is 0. The van der Waals surface area contributed by atoms with Crippen molar-refractivity contribution < 1.29 is 8.76 Å². The van der Waals surface area contributed by atoms with Crippen molar-refractivity contribution in [1.82, 2.24) is 0 Å². The standard InChI is InChI=1S/C4H8O2S/c1-2-3-4-7(5)6/h2-3H,4H2,1H3,(H,5,6)/p-1. The summed E-state index contributed by atoms with van der Waals surface area (Å²) in [6.07, 6.45) is 3.29. The van der Waals surface area contributed by atoms with Gasteiger partial charge in [0.15, 0.2) is 0 Å². The molecule has 0 saturated carbocycles. The van der Waals surface area contributed by atoms with Crippen LogP contribution in [-0.2, 0) is 11.1 Å². The molecule has 7 heavy (non-hydrogen) atoms. The Morgan fingerprint density at radius 3 is 2.57 bits per heavy atom. The second kappa shape index (κ2) is 4.02. The van der Waals surface area contributed by atoms with E-state index in [0.29, 0.717) is 0 Å². The summed E-state index contributed by atoms with van der Waals surface area (Å²) in [6, 6.07) is 0. The first-order valence-electron chi connectivity index (χ1n) is 1.94. The van der Waals surface area contributed by atoms with Gasteiger partial charge in [-0.25, -0.2) is 0 Å². The van der Waals surface area contributed by atoms with Gasteiger partial charge in [-0.05, 0) is 6.92 Å². The van der Waals surface area contributed by atoms with Gasteiger partial charge >= 0.3 is 0 Å². The van der Waals surface area contributed by atoms with Gasteiger partial charge in [0.1, 0.15) is 0 Å². The van der Waals surface area contributed by atoms with Gasteiger partial charge in [0.05, 0.1) is 0 Å². The van der Waals surface area contributed by atoms with E-state index in [0.717, 1.165) is 0 Å². The molecule has 42 valence electrons. The average molecular weight is 119 g/mol. The van der Waals surface area contributed by atoms with Crippen molar-refractivity contribution in [1.29, 1.82) is 0 Å². The lowest BCUT2D eigenvalue weighted by molar-refractivity contribution is 0.540. The summed E-state index contributed by atoms with van der Waals surface area (Å²) in [6.45, 7) is 1.78. The van der Waals surface area contributed by atoms with E-state index in [1.165, 1.54) is 0 Å². The Morgan fingerprint density at radius 1 is 1.86 bits per heavy atom. The van der Waals surface area contributed by atoms with Gasteiger partial charge in [-0.2, -0.15) is 0 Å². The van der Waals surface area contributed by atoms with Crippen molar-refractivity contribution >= 4 is 11.1 Å². The van der Waals surface area contributed by atoms with Crippen LogP contribution in [0.4, 0.5) is 0 Å². The summed E-state index contributed by atoms with van der Waals surface area (Å²) in [5.74, 6) is 0.135. The van der Waals surface area contributed by atoms with Gasteiger partial charge in [-0.3, -0.25) is 4.21 Å². The molecule has 0 bridgehead atoms. The highest BCUT2D eigenvalue weighted by Crippen LogP contribution is 1.74. The second-order valence-corrected chi connectivity index (χ2v) is 1.98. The fourth-order valence-corrected chi connectivity index (χ4v) is 0.524. The molecular formula is C4H7O2S-. The Labute approximate surface area is 45.5 Å². The lowest BCUT2D eigenvalue weighted by Crippen LogP contribution is -1.88. The van der Waals surface area contributed by atoms with Gasteiger partial charge in [-0.1, -0.05) is 23.2 Å². The molecule has 0 N–H and O–H groups in total. The van der Waals surface area contributed by atoms with Crippen LogP contribution < -0.4 is 0 Å². The van der Waals surface area contributed by atoms with Gasteiger partial charge in [0, 0.05) is 5.75 Å². The topological polar surface area (TPSA) is 40.1 Å². The molecule has 1 unspecified atom stereocenters. The van der Waals surface area contributed by atoms with Crippen LogP contribution >= 0.6 is 0 Å². The Bertz CT molecular complexity index is 87.7. The Balaban J connectivity index is 3.14. The molecule has 3 heteroatoms. The summed E-state index contributed by atoms with van der Waals surface area (Å²) < 4.78 is 19.4. The monoisotopic (exact) mass is 119 g/mol. The molecule has 2 nitrogen and oxygen atoms in total. The second-order valence-electron chi connectivity index (χ2n) is 1.04. The van der Waals surface area contributed by atoms with E-state index in [4.69, 9.17) is 0 Å². The van der Waals surface area contributed by atoms with Crippen LogP contribution in [0.15, 0.2) is 12.2 Å². The van der Waals surface area contributed by atoms with E-state index in [1.807, 2.05) is 0 Å². The largest absolute Gasteiger partial charge is 0.772 e. The molecule has 1 atom stereocenters. The third-order valence-electron chi connectivity index (χ3n) is 0.468. The maximum Gasteiger partial charge on any atom is 0.0282 e. The van der Waals surface area contributed by atoms with Crippen LogP contribution in [-0.4, -0.2) is 14.5 Å². The number of rotatable bonds is 2. The quantitative estimate of drug-likeness (QED) is 0.391. The van der Waals surface area contributed by atoms with Gasteiger partial charge in [-0.15, -0.1) is 0 Å². The van der Waals surface area contributed by atoms with Crippen LogP contribution in [0.25, 0.3) is 0 Å². The van der Waals surface area contributed by atoms with Crippen LogP contribution in [0, 0.1) is 0 Å². The fourth-order valence-electron chi connectivity index (χ4n) is 0.175. The van der Waals surface area contributed by atoms with E-state index in [2.05, 4.69) is 0 Å². The van der Waals surface area contributed by atoms with E-state index in [9.17, 15) is 8.76 Å². The van der Waals surface area contributed by atoms with Crippen molar-refractivity contribution in [2.24, 2.45) is 0 Å². The van der Waals surface area contributed by atoms with Gasteiger partial charge in [0.25, 0.3) is 0 Å². The molecule has 0 aromatic rings. The molecule has 0 rings (SSSR count). The summed E-state index contributed by atoms with van der Waals surface area (Å²) in [5, 5.41) is 0. The van der Waals surface area contributed by atoms with Crippen molar-refractivity contribution in [2.75, 3.05) is 5.75 Å². The fraction of sp³-hybridized carbons (Fsp3) is 0.500. The van der Waals surface area contributed by atoms with Crippen LogP contribution in [0.3, 0.4) is 0 Å². The molecule has 0 saturated heterocycles. The minimum atomic E-state index is -1.90. The molecule has 0 amide bonds. The minimum absolute atomic E-state index is 0.135. The lowest BCUT2D eigenvalue weighted by Gasteiger charge is -1.95. The highest BCUT2D eigenvalue weighted by molar-refractivity contribution is 7.79. The first-order valence-corrected chi connectivity index (χ1v) is 3.18. The molecule has 0 fully saturated rings. The smallest absolute Gasteiger partial charge is 0.0282 e. The summed E-state index contributed by atoms with van der Waals surface area (Å²) >= 11 is -1.90. The van der Waals surface area contributed by atoms with Crippen molar-refractivity contribution in [3.63, 3.8) is 0 Å². The normalized spacial score (nSPS) is 15.1. The molecule has 0 spiro atoms. The maximum absolute atomic E-state index is 9.71. The van der Waals surface area contributed by atoms with Crippen molar-refractivity contribution in [2.45, 2.75) is 6.92 Å². The first-order chi connectivity index (χ1) is 3.27. The molecule has 0 aliphatic carbocycles. The zero-order valence-corrected chi connectivity index (χ0v) is 4.90. The molecule has 0 aliphatic rings. The van der Waals surface area contributed by atoms with E-state index in [1.54, 1.807) is 19.1 Å². The molecular weight excluding hydrogens is 112 g/mol. The van der Waals surface area contributed by atoms with Crippen LogP contribution in [0.5, 0.6) is 0 Å². The summed E-state index contributed by atoms with van der Waals surface area (Å²) in [4.78, 5) is 0. The molecule has 0 aromatic carbocycles. The number of hydrogen-bond acceptors (Lipinski definition) is 2. The predicted molar refractivity (Wildman–Crippen MR) is 28.6 cm³/mol. The van der Waals surface area contributed by atoms with E-state index in [-0.39, 0.29) is 5.75 Å². The zero-order chi connectivity index (χ0) is 5.70. The number of hydrogen-bond donors (Lipinski definition) is 0. The zero-order valence-electron chi connectivity index (χ0n) is 4.09. The highest BCUT2D eigenvalue weighted by Gasteiger charge is 1.69. The van der Waals surface area contributed by atoms with Crippen LogP contribution in [0.2, 0.25) is 0 Å². The highest BCUT2D eigenvalue weighted by atomic mass is 32.2. The third kappa shape index (κ3) is 5.85. The van der Waals surface area contributed by atoms with Gasteiger partial charge < -0.3 is 4.55 Å². The molecule has 0 aliphatic heterocycles. The van der Waals surface area contributed by atoms with Crippen LogP contribution in [0.1, 0.15) is 6.92 Å². The van der Waals surface area contributed by atoms with E-state index < -0.39 is 11.1 Å². The van der Waals surface area contributed by atoms with Crippen molar-refractivity contribution in [3.8, 4) is 0 Å². The Morgan fingerprint density at radius 2 is 2.43 bits per heavy atom. The molecule has 0 radical (unpaired) electrons. The Hall–Kier alpha value is -0.150. The Kier molecular flexibility index (Phi) is 3.93. The predicted octanol–water partition coefficient (Wildman–Crippen LogP) is 0.442. The summed E-state index contributed by atoms with van der Waals surface area (Å²) in [5.41, 5.74) is 0. The third-order valence-corrected chi connectivity index (χ3v) is 0.933. The molecule has 0 heterocycles. The van der Waals surface area contributed by atoms with Gasteiger partial charge in [0.2, 0.25) is 0 Å². The number of allylic oxidation sites excluding steroid dienone is 1. The maximum atomic E-state index is 9.71. The average Bonchev–Trinajstić information content (AvgIpc) is 1.61. The molecule has 0 aromatic heterocycles. The van der Waals surface area contributed by atoms with E-state index >= 15 is 0 Å². The van der Waals surface area contributed by atoms with Crippen molar-refractivity contribution in [3.05, 3.63) is 12.2 Å².